The Hall–Kier alpha value is -0.610. The molecule has 1 heterocycles. The highest BCUT2D eigenvalue weighted by atomic mass is 16.7. The van der Waals surface area contributed by atoms with Crippen LogP contribution in [0, 0.1) is 5.41 Å². The molecule has 4 nitrogen and oxygen atoms in total. The molecular weight excluding hydrogens is 156 g/mol. The molecule has 1 aliphatic rings. The van der Waals surface area contributed by atoms with Crippen molar-refractivity contribution < 1.29 is 9.63 Å². The van der Waals surface area contributed by atoms with Gasteiger partial charge in [0.1, 0.15) is 0 Å². The van der Waals surface area contributed by atoms with Crippen molar-refractivity contribution in [2.75, 3.05) is 19.7 Å². The van der Waals surface area contributed by atoms with Gasteiger partial charge in [-0.25, -0.2) is 5.06 Å². The molecule has 2 N–H and O–H groups in total. The van der Waals surface area contributed by atoms with Crippen LogP contribution in [0.1, 0.15) is 20.3 Å². The summed E-state index contributed by atoms with van der Waals surface area (Å²) in [5, 5.41) is 1.42. The van der Waals surface area contributed by atoms with Crippen LogP contribution in [0.5, 0.6) is 0 Å². The molecule has 0 unspecified atom stereocenters. The number of amides is 1. The van der Waals surface area contributed by atoms with Crippen LogP contribution in [-0.4, -0.2) is 30.7 Å². The van der Waals surface area contributed by atoms with Gasteiger partial charge in [-0.3, -0.25) is 9.63 Å². The molecule has 1 aliphatic heterocycles. The summed E-state index contributed by atoms with van der Waals surface area (Å²) in [5.74, 6) is 0.0662. The highest BCUT2D eigenvalue weighted by Gasteiger charge is 2.28. The monoisotopic (exact) mass is 172 g/mol. The third-order valence-electron chi connectivity index (χ3n) is 1.97. The second kappa shape index (κ2) is 3.41. The third-order valence-corrected chi connectivity index (χ3v) is 1.97. The Morgan fingerprint density at radius 3 is 2.75 bits per heavy atom. The van der Waals surface area contributed by atoms with E-state index in [9.17, 15) is 4.79 Å². The van der Waals surface area contributed by atoms with E-state index < -0.39 is 0 Å². The molecule has 4 heteroatoms. The minimum atomic E-state index is -0.0556. The maximum absolute atomic E-state index is 11.1. The average molecular weight is 172 g/mol. The summed E-state index contributed by atoms with van der Waals surface area (Å²) in [6, 6.07) is 0. The zero-order chi connectivity index (χ0) is 9.19. The van der Waals surface area contributed by atoms with Gasteiger partial charge >= 0.3 is 0 Å². The first-order chi connectivity index (χ1) is 5.55. The lowest BCUT2D eigenvalue weighted by Gasteiger charge is -2.27. The van der Waals surface area contributed by atoms with Crippen molar-refractivity contribution in [2.45, 2.75) is 20.3 Å². The molecule has 0 bridgehead atoms. The Labute approximate surface area is 72.6 Å². The van der Waals surface area contributed by atoms with Gasteiger partial charge < -0.3 is 5.73 Å². The number of hydrogen-bond acceptors (Lipinski definition) is 3. The molecule has 1 rings (SSSR count). The second-order valence-electron chi connectivity index (χ2n) is 3.88. The fourth-order valence-corrected chi connectivity index (χ4v) is 1.03. The number of carbonyl (C=O) groups excluding carboxylic acids is 1. The quantitative estimate of drug-likeness (QED) is 0.658. The highest BCUT2D eigenvalue weighted by Crippen LogP contribution is 2.18. The fraction of sp³-hybridized carbons (Fsp3) is 0.875. The van der Waals surface area contributed by atoms with Crippen LogP contribution in [0.3, 0.4) is 0 Å². The molecule has 0 atom stereocenters. The van der Waals surface area contributed by atoms with E-state index in [4.69, 9.17) is 10.6 Å². The molecule has 0 radical (unpaired) electrons. The zero-order valence-corrected chi connectivity index (χ0v) is 7.67. The number of rotatable bonds is 3. The Morgan fingerprint density at radius 1 is 1.67 bits per heavy atom. The molecule has 0 aromatic carbocycles. The summed E-state index contributed by atoms with van der Waals surface area (Å²) >= 11 is 0. The van der Waals surface area contributed by atoms with Crippen LogP contribution in [0.2, 0.25) is 0 Å². The van der Waals surface area contributed by atoms with E-state index in [1.807, 2.05) is 13.8 Å². The van der Waals surface area contributed by atoms with Gasteiger partial charge in [0.05, 0.1) is 19.6 Å². The molecule has 0 saturated carbocycles. The van der Waals surface area contributed by atoms with E-state index in [1.165, 1.54) is 5.06 Å². The lowest BCUT2D eigenvalue weighted by atomic mass is 9.94. The van der Waals surface area contributed by atoms with E-state index in [-0.39, 0.29) is 11.3 Å². The van der Waals surface area contributed by atoms with Gasteiger partial charge in [-0.2, -0.15) is 0 Å². The first-order valence-electron chi connectivity index (χ1n) is 4.18. The molecule has 0 aromatic heterocycles. The van der Waals surface area contributed by atoms with E-state index >= 15 is 0 Å². The Balaban J connectivity index is 2.45. The van der Waals surface area contributed by atoms with Gasteiger partial charge in [-0.1, -0.05) is 13.8 Å². The number of nitrogens with two attached hydrogens (primary N) is 1. The minimum Gasteiger partial charge on any atom is -0.330 e. The first-order valence-corrected chi connectivity index (χ1v) is 4.18. The topological polar surface area (TPSA) is 55.6 Å². The van der Waals surface area contributed by atoms with Crippen LogP contribution in [0.25, 0.3) is 0 Å². The van der Waals surface area contributed by atoms with Crippen molar-refractivity contribution >= 4 is 5.91 Å². The molecule has 12 heavy (non-hydrogen) atoms. The predicted molar refractivity (Wildman–Crippen MR) is 45.1 cm³/mol. The van der Waals surface area contributed by atoms with Gasteiger partial charge in [0.2, 0.25) is 5.91 Å². The van der Waals surface area contributed by atoms with Crippen molar-refractivity contribution in [3.8, 4) is 0 Å². The zero-order valence-electron chi connectivity index (χ0n) is 7.67. The highest BCUT2D eigenvalue weighted by molar-refractivity contribution is 5.76. The van der Waals surface area contributed by atoms with Crippen molar-refractivity contribution in [3.05, 3.63) is 0 Å². The lowest BCUT2D eigenvalue weighted by molar-refractivity contribution is -0.167. The molecular formula is C8H16N2O2. The fourth-order valence-electron chi connectivity index (χ4n) is 1.03. The lowest BCUT2D eigenvalue weighted by Crippen LogP contribution is -2.38. The maximum atomic E-state index is 11.1. The Kier molecular flexibility index (Phi) is 2.69. The predicted octanol–water partition coefficient (Wildman–Crippen LogP) is 0.135. The molecule has 0 spiro atoms. The van der Waals surface area contributed by atoms with Crippen molar-refractivity contribution in [3.63, 3.8) is 0 Å². The average Bonchev–Trinajstić information content (AvgIpc) is 2.36. The van der Waals surface area contributed by atoms with Gasteiger partial charge in [0.15, 0.2) is 0 Å². The van der Waals surface area contributed by atoms with Crippen LogP contribution in [0.4, 0.5) is 0 Å². The summed E-state index contributed by atoms with van der Waals surface area (Å²) < 4.78 is 0. The maximum Gasteiger partial charge on any atom is 0.248 e. The molecule has 0 aliphatic carbocycles. The summed E-state index contributed by atoms with van der Waals surface area (Å²) in [5.41, 5.74) is 5.48. The Bertz CT molecular complexity index is 180. The molecule has 0 aromatic rings. The molecule has 70 valence electrons. The van der Waals surface area contributed by atoms with Gasteiger partial charge in [-0.05, 0) is 12.0 Å². The van der Waals surface area contributed by atoms with E-state index in [1.54, 1.807) is 0 Å². The van der Waals surface area contributed by atoms with Crippen LogP contribution < -0.4 is 5.73 Å². The number of hydrogen-bond donors (Lipinski definition) is 1. The smallest absolute Gasteiger partial charge is 0.248 e. The SMILES string of the molecule is CC(C)(CN)CN1OCCC1=O. The van der Waals surface area contributed by atoms with Crippen LogP contribution in [-0.2, 0) is 9.63 Å². The largest absolute Gasteiger partial charge is 0.330 e. The molecule has 1 amide bonds. The molecule has 1 fully saturated rings. The van der Waals surface area contributed by atoms with Gasteiger partial charge in [-0.15, -0.1) is 0 Å². The van der Waals surface area contributed by atoms with E-state index in [2.05, 4.69) is 0 Å². The van der Waals surface area contributed by atoms with Crippen molar-refractivity contribution in [1.29, 1.82) is 0 Å². The molecule has 1 saturated heterocycles. The number of carbonyl (C=O) groups is 1. The van der Waals surface area contributed by atoms with E-state index in [0.717, 1.165) is 0 Å². The van der Waals surface area contributed by atoms with E-state index in [0.29, 0.717) is 26.1 Å². The van der Waals surface area contributed by atoms with Crippen LogP contribution in [0.15, 0.2) is 0 Å². The van der Waals surface area contributed by atoms with Gasteiger partial charge in [0.25, 0.3) is 0 Å². The number of nitrogens with zero attached hydrogens (tertiary/aromatic N) is 1. The standard InChI is InChI=1S/C8H16N2O2/c1-8(2,5-9)6-10-7(11)3-4-12-10/h3-6,9H2,1-2H3. The second-order valence-corrected chi connectivity index (χ2v) is 3.88. The van der Waals surface area contributed by atoms with Crippen molar-refractivity contribution in [2.24, 2.45) is 11.1 Å². The third kappa shape index (κ3) is 2.19. The van der Waals surface area contributed by atoms with Gasteiger partial charge in [0, 0.05) is 0 Å². The minimum absolute atomic E-state index is 0.0556. The summed E-state index contributed by atoms with van der Waals surface area (Å²) in [6.45, 7) is 5.69. The Morgan fingerprint density at radius 2 is 2.33 bits per heavy atom. The summed E-state index contributed by atoms with van der Waals surface area (Å²) in [7, 11) is 0. The normalized spacial score (nSPS) is 18.9. The summed E-state index contributed by atoms with van der Waals surface area (Å²) in [4.78, 5) is 16.3. The van der Waals surface area contributed by atoms with Crippen molar-refractivity contribution in [1.82, 2.24) is 5.06 Å². The first kappa shape index (κ1) is 9.48. The van der Waals surface area contributed by atoms with Crippen LogP contribution >= 0.6 is 0 Å². The number of hydroxylamine groups is 2. The summed E-state index contributed by atoms with van der Waals surface area (Å²) in [6.07, 6.45) is 0.501.